The van der Waals surface area contributed by atoms with Crippen molar-refractivity contribution in [1.29, 1.82) is 0 Å². The number of hydrogen-bond acceptors (Lipinski definition) is 4. The van der Waals surface area contributed by atoms with Gasteiger partial charge in [0.25, 0.3) is 0 Å². The van der Waals surface area contributed by atoms with Crippen LogP contribution in [-0.2, 0) is 6.54 Å². The van der Waals surface area contributed by atoms with E-state index in [0.717, 1.165) is 29.0 Å². The van der Waals surface area contributed by atoms with Crippen molar-refractivity contribution in [2.45, 2.75) is 25.5 Å². The van der Waals surface area contributed by atoms with E-state index in [1.165, 1.54) is 5.56 Å². The number of nitrogens with zero attached hydrogens (tertiary/aromatic N) is 3. The van der Waals surface area contributed by atoms with Gasteiger partial charge in [-0.05, 0) is 23.6 Å². The lowest BCUT2D eigenvalue weighted by Crippen LogP contribution is -2.07. The first-order chi connectivity index (χ1) is 11.7. The molecule has 2 aromatic heterocycles. The van der Waals surface area contributed by atoms with Crippen molar-refractivity contribution in [3.05, 3.63) is 60.4 Å². The summed E-state index contributed by atoms with van der Waals surface area (Å²) in [5.41, 5.74) is 1.21. The Labute approximate surface area is 146 Å². The molecule has 3 aromatic rings. The third-order valence-electron chi connectivity index (χ3n) is 3.42. The van der Waals surface area contributed by atoms with Gasteiger partial charge in [0.15, 0.2) is 16.7 Å². The van der Waals surface area contributed by atoms with E-state index in [0.29, 0.717) is 5.92 Å². The van der Waals surface area contributed by atoms with Crippen LogP contribution < -0.4 is 0 Å². The molecule has 0 fully saturated rings. The monoisotopic (exact) mass is 339 g/mol. The smallest absolute Gasteiger partial charge is 0.200 e. The third-order valence-corrected chi connectivity index (χ3v) is 4.34. The minimum Gasteiger partial charge on any atom is -0.461 e. The molecule has 2 heterocycles. The highest BCUT2D eigenvalue weighted by Crippen LogP contribution is 2.25. The second-order valence-electron chi connectivity index (χ2n) is 5.91. The summed E-state index contributed by atoms with van der Waals surface area (Å²) >= 11 is 1.69. The Kier molecular flexibility index (Phi) is 5.54. The van der Waals surface area contributed by atoms with Crippen LogP contribution in [0.3, 0.4) is 0 Å². The molecule has 0 saturated heterocycles. The Hall–Kier alpha value is -2.27. The summed E-state index contributed by atoms with van der Waals surface area (Å²) in [6, 6.07) is 14.1. The molecule has 0 N–H and O–H groups in total. The lowest BCUT2D eigenvalue weighted by atomic mass is 10.2. The van der Waals surface area contributed by atoms with Crippen LogP contribution in [-0.4, -0.2) is 20.5 Å². The molecule has 0 bridgehead atoms. The summed E-state index contributed by atoms with van der Waals surface area (Å²) in [4.78, 5) is 0. The predicted molar refractivity (Wildman–Crippen MR) is 98.8 cm³/mol. The molecular weight excluding hydrogens is 318 g/mol. The second kappa shape index (κ2) is 8.02. The lowest BCUT2D eigenvalue weighted by molar-refractivity contribution is 0.489. The third kappa shape index (κ3) is 4.17. The van der Waals surface area contributed by atoms with E-state index in [1.54, 1.807) is 18.0 Å². The highest BCUT2D eigenvalue weighted by atomic mass is 32.2. The molecule has 0 radical (unpaired) electrons. The van der Waals surface area contributed by atoms with Crippen molar-refractivity contribution in [2.24, 2.45) is 5.92 Å². The molecule has 0 saturated carbocycles. The fourth-order valence-corrected chi connectivity index (χ4v) is 3.14. The minimum absolute atomic E-state index is 0.508. The van der Waals surface area contributed by atoms with Crippen LogP contribution in [0.5, 0.6) is 0 Å². The predicted octanol–water partition coefficient (Wildman–Crippen LogP) is 5.00. The van der Waals surface area contributed by atoms with Gasteiger partial charge < -0.3 is 4.42 Å². The van der Waals surface area contributed by atoms with Crippen molar-refractivity contribution in [2.75, 3.05) is 5.75 Å². The minimum atomic E-state index is 0.508. The van der Waals surface area contributed by atoms with Crippen LogP contribution in [0.25, 0.3) is 17.7 Å². The molecular formula is C19H21N3OS. The molecule has 4 nitrogen and oxygen atoms in total. The molecule has 0 aliphatic rings. The lowest BCUT2D eigenvalue weighted by Gasteiger charge is -2.10. The maximum Gasteiger partial charge on any atom is 0.200 e. The highest BCUT2D eigenvalue weighted by Gasteiger charge is 2.16. The van der Waals surface area contributed by atoms with Crippen LogP contribution in [0, 0.1) is 5.92 Å². The fourth-order valence-electron chi connectivity index (χ4n) is 2.38. The van der Waals surface area contributed by atoms with E-state index < -0.39 is 0 Å². The summed E-state index contributed by atoms with van der Waals surface area (Å²) in [5.74, 6) is 2.91. The number of hydrogen-bond donors (Lipinski definition) is 0. The van der Waals surface area contributed by atoms with Crippen molar-refractivity contribution in [3.8, 4) is 11.6 Å². The number of rotatable bonds is 7. The Morgan fingerprint density at radius 1 is 1.12 bits per heavy atom. The van der Waals surface area contributed by atoms with Gasteiger partial charge in [0.2, 0.25) is 0 Å². The van der Waals surface area contributed by atoms with Gasteiger partial charge in [-0.2, -0.15) is 0 Å². The van der Waals surface area contributed by atoms with Crippen molar-refractivity contribution < 1.29 is 4.42 Å². The molecule has 124 valence electrons. The Morgan fingerprint density at radius 2 is 1.96 bits per heavy atom. The number of benzene rings is 1. The van der Waals surface area contributed by atoms with E-state index >= 15 is 0 Å². The standard InChI is InChI=1S/C19H21N3OS/c1-15(2)14-22-18(17-11-6-12-23-17)20-21-19(22)24-13-7-10-16-8-4-3-5-9-16/h3-12,15H,13-14H2,1-2H3. The van der Waals surface area contributed by atoms with E-state index in [9.17, 15) is 0 Å². The summed E-state index contributed by atoms with van der Waals surface area (Å²) in [7, 11) is 0. The van der Waals surface area contributed by atoms with Gasteiger partial charge in [-0.1, -0.05) is 68.1 Å². The molecule has 0 aliphatic heterocycles. The van der Waals surface area contributed by atoms with Gasteiger partial charge in [-0.3, -0.25) is 4.57 Å². The molecule has 1 aromatic carbocycles. The summed E-state index contributed by atoms with van der Waals surface area (Å²) < 4.78 is 7.64. The summed E-state index contributed by atoms with van der Waals surface area (Å²) in [6.07, 6.45) is 5.95. The summed E-state index contributed by atoms with van der Waals surface area (Å²) in [5, 5.41) is 9.60. The van der Waals surface area contributed by atoms with E-state index in [-0.39, 0.29) is 0 Å². The number of furan rings is 1. The van der Waals surface area contributed by atoms with E-state index in [4.69, 9.17) is 4.42 Å². The molecule has 0 amide bonds. The van der Waals surface area contributed by atoms with Crippen LogP contribution in [0.1, 0.15) is 19.4 Å². The Balaban J connectivity index is 1.72. The van der Waals surface area contributed by atoms with E-state index in [1.807, 2.05) is 30.3 Å². The van der Waals surface area contributed by atoms with Gasteiger partial charge in [-0.15, -0.1) is 10.2 Å². The highest BCUT2D eigenvalue weighted by molar-refractivity contribution is 7.99. The second-order valence-corrected chi connectivity index (χ2v) is 6.90. The number of thioether (sulfide) groups is 1. The molecule has 0 atom stereocenters. The zero-order chi connectivity index (χ0) is 16.8. The van der Waals surface area contributed by atoms with Crippen LogP contribution in [0.4, 0.5) is 0 Å². The quantitative estimate of drug-likeness (QED) is 0.568. The van der Waals surface area contributed by atoms with Gasteiger partial charge >= 0.3 is 0 Å². The average molecular weight is 339 g/mol. The molecule has 24 heavy (non-hydrogen) atoms. The molecule has 3 rings (SSSR count). The molecule has 0 aliphatic carbocycles. The van der Waals surface area contributed by atoms with Crippen molar-refractivity contribution in [3.63, 3.8) is 0 Å². The SMILES string of the molecule is CC(C)Cn1c(SCC=Cc2ccccc2)nnc1-c1ccco1. The fraction of sp³-hybridized carbons (Fsp3) is 0.263. The van der Waals surface area contributed by atoms with Crippen LogP contribution >= 0.6 is 11.8 Å². The van der Waals surface area contributed by atoms with Crippen LogP contribution in [0.15, 0.2) is 64.4 Å². The first kappa shape index (κ1) is 16.6. The first-order valence-corrected chi connectivity index (χ1v) is 9.04. The molecule has 5 heteroatoms. The number of aromatic nitrogens is 3. The largest absolute Gasteiger partial charge is 0.461 e. The summed E-state index contributed by atoms with van der Waals surface area (Å²) in [6.45, 7) is 5.25. The zero-order valence-electron chi connectivity index (χ0n) is 13.9. The molecule has 0 spiro atoms. The maximum absolute atomic E-state index is 5.49. The average Bonchev–Trinajstić information content (AvgIpc) is 3.22. The van der Waals surface area contributed by atoms with E-state index in [2.05, 4.69) is 52.9 Å². The Bertz CT molecular complexity index is 776. The Morgan fingerprint density at radius 3 is 2.67 bits per heavy atom. The maximum atomic E-state index is 5.49. The van der Waals surface area contributed by atoms with Crippen molar-refractivity contribution >= 4 is 17.8 Å². The van der Waals surface area contributed by atoms with Gasteiger partial charge in [0, 0.05) is 12.3 Å². The van der Waals surface area contributed by atoms with Gasteiger partial charge in [-0.25, -0.2) is 0 Å². The van der Waals surface area contributed by atoms with Crippen LogP contribution in [0.2, 0.25) is 0 Å². The first-order valence-electron chi connectivity index (χ1n) is 8.05. The van der Waals surface area contributed by atoms with Gasteiger partial charge in [0.05, 0.1) is 6.26 Å². The normalized spacial score (nSPS) is 11.6. The van der Waals surface area contributed by atoms with Crippen molar-refractivity contribution in [1.82, 2.24) is 14.8 Å². The zero-order valence-corrected chi connectivity index (χ0v) is 14.7. The molecule has 0 unspecified atom stereocenters. The topological polar surface area (TPSA) is 43.9 Å². The van der Waals surface area contributed by atoms with Gasteiger partial charge in [0.1, 0.15) is 0 Å².